The molecular formula is C18H28O4. The van der Waals surface area contributed by atoms with Crippen molar-refractivity contribution < 1.29 is 18.9 Å². The zero-order valence-electron chi connectivity index (χ0n) is 13.8. The third-order valence-corrected chi connectivity index (χ3v) is 4.03. The molecule has 0 amide bonds. The maximum Gasteiger partial charge on any atom is 0.157 e. The van der Waals surface area contributed by atoms with Crippen LogP contribution in [0.15, 0.2) is 18.2 Å². The van der Waals surface area contributed by atoms with Crippen LogP contribution in [0.1, 0.15) is 44.1 Å². The molecule has 0 aromatic heterocycles. The van der Waals surface area contributed by atoms with Gasteiger partial charge in [0.2, 0.25) is 0 Å². The molecule has 124 valence electrons. The fourth-order valence-corrected chi connectivity index (χ4v) is 2.71. The van der Waals surface area contributed by atoms with Crippen LogP contribution >= 0.6 is 0 Å². The number of aryl methyl sites for hydroxylation is 1. The zero-order valence-corrected chi connectivity index (χ0v) is 13.8. The molecule has 1 aliphatic heterocycles. The standard InChI is InChI=1S/C18H28O4/c1-19-16-11-10-15(17(14-16)20-2)8-4-3-6-12-21-18-9-5-7-13-22-18/h10-11,14,18H,3-9,12-13H2,1-2H3. The van der Waals surface area contributed by atoms with Crippen molar-refractivity contribution in [2.75, 3.05) is 27.4 Å². The van der Waals surface area contributed by atoms with Crippen molar-refractivity contribution in [2.24, 2.45) is 0 Å². The van der Waals surface area contributed by atoms with Crippen LogP contribution in [0.2, 0.25) is 0 Å². The van der Waals surface area contributed by atoms with Crippen LogP contribution in [-0.2, 0) is 15.9 Å². The van der Waals surface area contributed by atoms with E-state index in [0.717, 1.165) is 56.8 Å². The minimum Gasteiger partial charge on any atom is -0.497 e. The van der Waals surface area contributed by atoms with E-state index >= 15 is 0 Å². The van der Waals surface area contributed by atoms with E-state index in [-0.39, 0.29) is 6.29 Å². The van der Waals surface area contributed by atoms with E-state index in [4.69, 9.17) is 18.9 Å². The first-order chi connectivity index (χ1) is 10.8. The first-order valence-electron chi connectivity index (χ1n) is 8.27. The molecule has 1 saturated heterocycles. The van der Waals surface area contributed by atoms with Crippen LogP contribution in [0, 0.1) is 0 Å². The Hall–Kier alpha value is -1.26. The Balaban J connectivity index is 1.62. The van der Waals surface area contributed by atoms with Crippen LogP contribution in [0.25, 0.3) is 0 Å². The van der Waals surface area contributed by atoms with E-state index in [9.17, 15) is 0 Å². The lowest BCUT2D eigenvalue weighted by molar-refractivity contribution is -0.162. The van der Waals surface area contributed by atoms with Gasteiger partial charge in [-0.1, -0.05) is 12.5 Å². The molecule has 2 rings (SSSR count). The lowest BCUT2D eigenvalue weighted by Crippen LogP contribution is -2.22. The Morgan fingerprint density at radius 1 is 1.09 bits per heavy atom. The second-order valence-corrected chi connectivity index (χ2v) is 5.66. The third kappa shape index (κ3) is 5.50. The summed E-state index contributed by atoms with van der Waals surface area (Å²) in [5.74, 6) is 1.74. The number of benzene rings is 1. The molecule has 1 atom stereocenters. The summed E-state index contributed by atoms with van der Waals surface area (Å²) < 4.78 is 21.9. The van der Waals surface area contributed by atoms with E-state index in [1.165, 1.54) is 18.4 Å². The number of hydrogen-bond donors (Lipinski definition) is 0. The molecule has 0 bridgehead atoms. The van der Waals surface area contributed by atoms with Crippen molar-refractivity contribution >= 4 is 0 Å². The van der Waals surface area contributed by atoms with Crippen LogP contribution in [0.5, 0.6) is 11.5 Å². The predicted octanol–water partition coefficient (Wildman–Crippen LogP) is 3.96. The molecule has 1 aromatic rings. The monoisotopic (exact) mass is 308 g/mol. The average molecular weight is 308 g/mol. The van der Waals surface area contributed by atoms with Gasteiger partial charge in [-0.3, -0.25) is 0 Å². The highest BCUT2D eigenvalue weighted by atomic mass is 16.7. The number of methoxy groups -OCH3 is 2. The highest BCUT2D eigenvalue weighted by Crippen LogP contribution is 2.26. The summed E-state index contributed by atoms with van der Waals surface area (Å²) in [5, 5.41) is 0. The quantitative estimate of drug-likeness (QED) is 0.647. The molecule has 1 unspecified atom stereocenters. The number of rotatable bonds is 9. The van der Waals surface area contributed by atoms with E-state index in [1.807, 2.05) is 12.1 Å². The molecule has 0 spiro atoms. The Labute approximate surface area is 133 Å². The van der Waals surface area contributed by atoms with E-state index in [1.54, 1.807) is 14.2 Å². The fourth-order valence-electron chi connectivity index (χ4n) is 2.71. The van der Waals surface area contributed by atoms with Crippen LogP contribution in [0.3, 0.4) is 0 Å². The first-order valence-corrected chi connectivity index (χ1v) is 8.27. The van der Waals surface area contributed by atoms with Gasteiger partial charge in [-0.2, -0.15) is 0 Å². The smallest absolute Gasteiger partial charge is 0.157 e. The lowest BCUT2D eigenvalue weighted by atomic mass is 10.1. The van der Waals surface area contributed by atoms with Crippen LogP contribution in [0.4, 0.5) is 0 Å². The number of hydrogen-bond acceptors (Lipinski definition) is 4. The molecule has 0 N–H and O–H groups in total. The maximum atomic E-state index is 5.75. The number of ether oxygens (including phenoxy) is 4. The molecule has 0 radical (unpaired) electrons. The van der Waals surface area contributed by atoms with Gasteiger partial charge in [-0.15, -0.1) is 0 Å². The Kier molecular flexibility index (Phi) is 7.54. The topological polar surface area (TPSA) is 36.9 Å². The average Bonchev–Trinajstić information content (AvgIpc) is 2.59. The molecule has 1 aromatic carbocycles. The van der Waals surface area contributed by atoms with Gasteiger partial charge in [-0.25, -0.2) is 0 Å². The molecule has 0 aliphatic carbocycles. The van der Waals surface area contributed by atoms with E-state index in [2.05, 4.69) is 6.07 Å². The second kappa shape index (κ2) is 9.70. The van der Waals surface area contributed by atoms with Gasteiger partial charge in [0.05, 0.1) is 14.2 Å². The summed E-state index contributed by atoms with van der Waals surface area (Å²) in [6.45, 7) is 1.65. The highest BCUT2D eigenvalue weighted by Gasteiger charge is 2.13. The molecule has 1 fully saturated rings. The summed E-state index contributed by atoms with van der Waals surface area (Å²) in [6.07, 6.45) is 7.87. The van der Waals surface area contributed by atoms with E-state index < -0.39 is 0 Å². The molecule has 1 heterocycles. The summed E-state index contributed by atoms with van der Waals surface area (Å²) in [5.41, 5.74) is 1.24. The molecule has 4 heteroatoms. The zero-order chi connectivity index (χ0) is 15.6. The first kappa shape index (κ1) is 17.1. The lowest BCUT2D eigenvalue weighted by Gasteiger charge is -2.22. The van der Waals surface area contributed by atoms with Crippen molar-refractivity contribution in [1.29, 1.82) is 0 Å². The third-order valence-electron chi connectivity index (χ3n) is 4.03. The van der Waals surface area contributed by atoms with E-state index in [0.29, 0.717) is 0 Å². The molecule has 4 nitrogen and oxygen atoms in total. The summed E-state index contributed by atoms with van der Waals surface area (Å²) in [6, 6.07) is 6.02. The van der Waals surface area contributed by atoms with Crippen molar-refractivity contribution in [1.82, 2.24) is 0 Å². The molecule has 0 saturated carbocycles. The van der Waals surface area contributed by atoms with Gasteiger partial charge in [0.25, 0.3) is 0 Å². The van der Waals surface area contributed by atoms with Crippen LogP contribution < -0.4 is 9.47 Å². The minimum atomic E-state index is 0.0374. The van der Waals surface area contributed by atoms with Gasteiger partial charge in [0.15, 0.2) is 6.29 Å². The maximum absolute atomic E-state index is 5.75. The van der Waals surface area contributed by atoms with Gasteiger partial charge in [0.1, 0.15) is 11.5 Å². The molecular weight excluding hydrogens is 280 g/mol. The van der Waals surface area contributed by atoms with Gasteiger partial charge in [0, 0.05) is 19.3 Å². The SMILES string of the molecule is COc1ccc(CCCCCOC2CCCCO2)c(OC)c1. The van der Waals surface area contributed by atoms with Crippen molar-refractivity contribution in [3.63, 3.8) is 0 Å². The highest BCUT2D eigenvalue weighted by molar-refractivity contribution is 5.40. The van der Waals surface area contributed by atoms with Crippen molar-refractivity contribution in [3.8, 4) is 11.5 Å². The number of unbranched alkanes of at least 4 members (excludes halogenated alkanes) is 2. The van der Waals surface area contributed by atoms with Gasteiger partial charge < -0.3 is 18.9 Å². The fraction of sp³-hybridized carbons (Fsp3) is 0.667. The molecule has 22 heavy (non-hydrogen) atoms. The predicted molar refractivity (Wildman–Crippen MR) is 86.6 cm³/mol. The summed E-state index contributed by atoms with van der Waals surface area (Å²) >= 11 is 0. The Morgan fingerprint density at radius 2 is 2.00 bits per heavy atom. The summed E-state index contributed by atoms with van der Waals surface area (Å²) in [4.78, 5) is 0. The normalized spacial score (nSPS) is 18.2. The van der Waals surface area contributed by atoms with Crippen molar-refractivity contribution in [2.45, 2.75) is 51.2 Å². The minimum absolute atomic E-state index is 0.0374. The van der Waals surface area contributed by atoms with Gasteiger partial charge in [-0.05, 0) is 50.2 Å². The molecule has 1 aliphatic rings. The van der Waals surface area contributed by atoms with Crippen LogP contribution in [-0.4, -0.2) is 33.7 Å². The Bertz CT molecular complexity index is 427. The largest absolute Gasteiger partial charge is 0.497 e. The van der Waals surface area contributed by atoms with Crippen molar-refractivity contribution in [3.05, 3.63) is 23.8 Å². The van der Waals surface area contributed by atoms with Gasteiger partial charge >= 0.3 is 0 Å². The summed E-state index contributed by atoms with van der Waals surface area (Å²) in [7, 11) is 3.38. The second-order valence-electron chi connectivity index (χ2n) is 5.66. The Morgan fingerprint density at radius 3 is 2.73 bits per heavy atom.